The quantitative estimate of drug-likeness (QED) is 0.721. The van der Waals surface area contributed by atoms with Gasteiger partial charge in [0.25, 0.3) is 0 Å². The third-order valence-corrected chi connectivity index (χ3v) is 5.42. The van der Waals surface area contributed by atoms with Crippen molar-refractivity contribution in [3.8, 4) is 0 Å². The standard InChI is InChI=1S/C11H19NOS/c12-11(2-3-11)9-1-5-13-10(7-9)4-6-14-8-10/h9H,1-8,12H2. The van der Waals surface area contributed by atoms with Crippen LogP contribution < -0.4 is 5.73 Å². The number of ether oxygens (including phenoxy) is 1. The van der Waals surface area contributed by atoms with Gasteiger partial charge in [0.05, 0.1) is 5.60 Å². The maximum atomic E-state index is 6.31. The molecule has 0 aromatic rings. The summed E-state index contributed by atoms with van der Waals surface area (Å²) in [6.45, 7) is 0.949. The number of thioether (sulfide) groups is 1. The molecule has 2 heterocycles. The van der Waals surface area contributed by atoms with Crippen LogP contribution in [0.2, 0.25) is 0 Å². The lowest BCUT2D eigenvalue weighted by Crippen LogP contribution is -2.46. The van der Waals surface area contributed by atoms with Crippen LogP contribution in [0.15, 0.2) is 0 Å². The van der Waals surface area contributed by atoms with Gasteiger partial charge < -0.3 is 10.5 Å². The van der Waals surface area contributed by atoms with Gasteiger partial charge in [0.2, 0.25) is 0 Å². The maximum absolute atomic E-state index is 6.31. The van der Waals surface area contributed by atoms with Gasteiger partial charge in [0.1, 0.15) is 0 Å². The zero-order chi connectivity index (χ0) is 9.65. The largest absolute Gasteiger partial charge is 0.374 e. The second-order valence-electron chi connectivity index (χ2n) is 5.26. The molecule has 2 N–H and O–H groups in total. The van der Waals surface area contributed by atoms with Crippen molar-refractivity contribution in [3.63, 3.8) is 0 Å². The van der Waals surface area contributed by atoms with Gasteiger partial charge in [-0.15, -0.1) is 0 Å². The van der Waals surface area contributed by atoms with Crippen molar-refractivity contribution in [3.05, 3.63) is 0 Å². The fourth-order valence-electron chi connectivity index (χ4n) is 2.93. The minimum Gasteiger partial charge on any atom is -0.374 e. The molecule has 3 rings (SSSR count). The summed E-state index contributed by atoms with van der Waals surface area (Å²) in [7, 11) is 0. The molecule has 3 aliphatic rings. The van der Waals surface area contributed by atoms with E-state index in [2.05, 4.69) is 0 Å². The zero-order valence-corrected chi connectivity index (χ0v) is 9.44. The molecular formula is C11H19NOS. The second kappa shape index (κ2) is 3.13. The summed E-state index contributed by atoms with van der Waals surface area (Å²) >= 11 is 2.05. The lowest BCUT2D eigenvalue weighted by Gasteiger charge is -2.40. The summed E-state index contributed by atoms with van der Waals surface area (Å²) in [4.78, 5) is 0. The van der Waals surface area contributed by atoms with Crippen LogP contribution in [0.3, 0.4) is 0 Å². The Balaban J connectivity index is 1.71. The van der Waals surface area contributed by atoms with E-state index in [-0.39, 0.29) is 11.1 Å². The molecule has 1 saturated carbocycles. The van der Waals surface area contributed by atoms with Crippen molar-refractivity contribution in [2.75, 3.05) is 18.1 Å². The number of nitrogens with two attached hydrogens (primary N) is 1. The van der Waals surface area contributed by atoms with E-state index in [1.807, 2.05) is 11.8 Å². The van der Waals surface area contributed by atoms with Gasteiger partial charge in [-0.25, -0.2) is 0 Å². The monoisotopic (exact) mass is 213 g/mol. The zero-order valence-electron chi connectivity index (χ0n) is 8.63. The molecule has 0 aromatic heterocycles. The Kier molecular flexibility index (Phi) is 2.12. The summed E-state index contributed by atoms with van der Waals surface area (Å²) in [5.74, 6) is 3.24. The molecule has 14 heavy (non-hydrogen) atoms. The third kappa shape index (κ3) is 1.50. The lowest BCUT2D eigenvalue weighted by molar-refractivity contribution is -0.0850. The van der Waals surface area contributed by atoms with Crippen LogP contribution in [0.25, 0.3) is 0 Å². The first-order chi connectivity index (χ1) is 6.73. The highest BCUT2D eigenvalue weighted by molar-refractivity contribution is 7.99. The van der Waals surface area contributed by atoms with E-state index in [0.717, 1.165) is 12.5 Å². The van der Waals surface area contributed by atoms with Crippen molar-refractivity contribution >= 4 is 11.8 Å². The van der Waals surface area contributed by atoms with Gasteiger partial charge in [-0.05, 0) is 43.8 Å². The van der Waals surface area contributed by atoms with Crippen molar-refractivity contribution in [2.24, 2.45) is 11.7 Å². The van der Waals surface area contributed by atoms with Gasteiger partial charge in [-0.1, -0.05) is 0 Å². The molecule has 0 bridgehead atoms. The van der Waals surface area contributed by atoms with E-state index < -0.39 is 0 Å². The molecule has 0 radical (unpaired) electrons. The Labute approximate surface area is 89.9 Å². The Morgan fingerprint density at radius 1 is 1.29 bits per heavy atom. The molecule has 3 fully saturated rings. The molecule has 2 saturated heterocycles. The average Bonchev–Trinajstić information content (AvgIpc) is 2.80. The minimum atomic E-state index is 0.212. The van der Waals surface area contributed by atoms with Gasteiger partial charge in [0.15, 0.2) is 0 Å². The van der Waals surface area contributed by atoms with E-state index in [1.54, 1.807) is 0 Å². The minimum absolute atomic E-state index is 0.212. The fourth-order valence-corrected chi connectivity index (χ4v) is 4.31. The molecular weight excluding hydrogens is 194 g/mol. The van der Waals surface area contributed by atoms with Crippen LogP contribution >= 0.6 is 11.8 Å². The predicted octanol–water partition coefficient (Wildman–Crippen LogP) is 1.78. The van der Waals surface area contributed by atoms with E-state index in [4.69, 9.17) is 10.5 Å². The van der Waals surface area contributed by atoms with Crippen molar-refractivity contribution in [1.29, 1.82) is 0 Å². The van der Waals surface area contributed by atoms with Crippen LogP contribution in [-0.2, 0) is 4.74 Å². The van der Waals surface area contributed by atoms with E-state index in [0.29, 0.717) is 0 Å². The third-order valence-electron chi connectivity index (χ3n) is 4.20. The molecule has 80 valence electrons. The number of rotatable bonds is 1. The van der Waals surface area contributed by atoms with E-state index in [9.17, 15) is 0 Å². The topological polar surface area (TPSA) is 35.2 Å². The van der Waals surface area contributed by atoms with Crippen molar-refractivity contribution in [2.45, 2.75) is 43.2 Å². The Morgan fingerprint density at radius 3 is 2.79 bits per heavy atom. The normalized spacial score (nSPS) is 45.6. The van der Waals surface area contributed by atoms with Gasteiger partial charge in [-0.3, -0.25) is 0 Å². The van der Waals surface area contributed by atoms with E-state index in [1.165, 1.54) is 43.6 Å². The SMILES string of the molecule is NC1(C2CCOC3(CCSC3)C2)CC1. The second-order valence-corrected chi connectivity index (χ2v) is 6.36. The van der Waals surface area contributed by atoms with Gasteiger partial charge >= 0.3 is 0 Å². The first kappa shape index (κ1) is 9.49. The average molecular weight is 213 g/mol. The molecule has 2 unspecified atom stereocenters. The molecule has 1 spiro atoms. The first-order valence-corrected chi connectivity index (χ1v) is 6.89. The van der Waals surface area contributed by atoms with Crippen molar-refractivity contribution in [1.82, 2.24) is 0 Å². The Bertz CT molecular complexity index is 233. The van der Waals surface area contributed by atoms with Gasteiger partial charge in [0, 0.05) is 17.9 Å². The van der Waals surface area contributed by atoms with Gasteiger partial charge in [-0.2, -0.15) is 11.8 Å². The molecule has 2 aliphatic heterocycles. The highest BCUT2D eigenvalue weighted by Crippen LogP contribution is 2.49. The summed E-state index contributed by atoms with van der Waals surface area (Å²) in [5.41, 5.74) is 6.75. The maximum Gasteiger partial charge on any atom is 0.0783 e. The highest BCUT2D eigenvalue weighted by Gasteiger charge is 2.51. The van der Waals surface area contributed by atoms with E-state index >= 15 is 0 Å². The molecule has 2 nitrogen and oxygen atoms in total. The first-order valence-electron chi connectivity index (χ1n) is 5.73. The van der Waals surface area contributed by atoms with Crippen LogP contribution in [0, 0.1) is 5.92 Å². The summed E-state index contributed by atoms with van der Waals surface area (Å²) in [6.07, 6.45) is 6.19. The number of hydrogen-bond acceptors (Lipinski definition) is 3. The fraction of sp³-hybridized carbons (Fsp3) is 1.00. The smallest absolute Gasteiger partial charge is 0.0783 e. The van der Waals surface area contributed by atoms with Crippen LogP contribution in [0.5, 0.6) is 0 Å². The molecule has 0 amide bonds. The Hall–Kier alpha value is 0.270. The number of hydrogen-bond donors (Lipinski definition) is 1. The summed E-state index contributed by atoms with van der Waals surface area (Å²) in [6, 6.07) is 0. The highest BCUT2D eigenvalue weighted by atomic mass is 32.2. The Morgan fingerprint density at radius 2 is 2.14 bits per heavy atom. The summed E-state index contributed by atoms with van der Waals surface area (Å²) < 4.78 is 6.00. The molecule has 1 aliphatic carbocycles. The molecule has 3 heteroatoms. The molecule has 2 atom stereocenters. The predicted molar refractivity (Wildman–Crippen MR) is 59.5 cm³/mol. The van der Waals surface area contributed by atoms with Crippen molar-refractivity contribution < 1.29 is 4.74 Å². The molecule has 0 aromatic carbocycles. The summed E-state index contributed by atoms with van der Waals surface area (Å²) in [5, 5.41) is 0. The lowest BCUT2D eigenvalue weighted by atomic mass is 9.80. The van der Waals surface area contributed by atoms with Crippen LogP contribution in [0.4, 0.5) is 0 Å². The van der Waals surface area contributed by atoms with Crippen LogP contribution in [0.1, 0.15) is 32.1 Å². The van der Waals surface area contributed by atoms with Crippen LogP contribution in [-0.4, -0.2) is 29.3 Å².